The van der Waals surface area contributed by atoms with Crippen molar-refractivity contribution in [3.8, 4) is 0 Å². The molecule has 0 spiro atoms. The lowest BCUT2D eigenvalue weighted by Crippen LogP contribution is -2.37. The van der Waals surface area contributed by atoms with Gasteiger partial charge in [0, 0.05) is 6.42 Å². The minimum Gasteiger partial charge on any atom is -0.481 e. The molecule has 0 saturated carbocycles. The Balaban J connectivity index is 3.49. The van der Waals surface area contributed by atoms with Gasteiger partial charge in [0.2, 0.25) is 11.8 Å². The fraction of sp³-hybridized carbons (Fsp3) is 0.625. The Morgan fingerprint density at radius 2 is 1.71 bits per heavy atom. The number of carboxylic acid groups (broad SMARTS) is 1. The molecular weight excluding hydrogens is 188 g/mol. The molecule has 80 valence electrons. The number of hydrogen-bond donors (Lipinski definition) is 3. The summed E-state index contributed by atoms with van der Waals surface area (Å²) in [5.41, 5.74) is 0. The van der Waals surface area contributed by atoms with Crippen molar-refractivity contribution in [2.24, 2.45) is 0 Å². The van der Waals surface area contributed by atoms with Crippen LogP contribution in [0.1, 0.15) is 26.2 Å². The maximum absolute atomic E-state index is 10.9. The monoisotopic (exact) mass is 202 g/mol. The lowest BCUT2D eigenvalue weighted by atomic mass is 10.3. The quantitative estimate of drug-likeness (QED) is 0.398. The van der Waals surface area contributed by atoms with Crippen LogP contribution in [0.4, 0.5) is 0 Å². The second-order valence-corrected chi connectivity index (χ2v) is 2.70. The Morgan fingerprint density at radius 1 is 1.14 bits per heavy atom. The van der Waals surface area contributed by atoms with Crippen molar-refractivity contribution in [2.45, 2.75) is 26.2 Å². The zero-order valence-corrected chi connectivity index (χ0v) is 8.00. The van der Waals surface area contributed by atoms with Gasteiger partial charge in [0.15, 0.2) is 0 Å². The third-order valence-corrected chi connectivity index (χ3v) is 1.36. The molecule has 0 aliphatic heterocycles. The van der Waals surface area contributed by atoms with E-state index >= 15 is 0 Å². The highest BCUT2D eigenvalue weighted by Crippen LogP contribution is 1.84. The fourth-order valence-electron chi connectivity index (χ4n) is 0.757. The number of carboxylic acids is 1. The summed E-state index contributed by atoms with van der Waals surface area (Å²) in [5, 5.41) is 12.9. The molecule has 0 aliphatic rings. The molecule has 2 amide bonds. The second-order valence-electron chi connectivity index (χ2n) is 2.70. The number of aliphatic carboxylic acids is 1. The molecule has 0 bridgehead atoms. The highest BCUT2D eigenvalue weighted by atomic mass is 16.4. The van der Waals surface area contributed by atoms with E-state index in [4.69, 9.17) is 5.11 Å². The standard InChI is InChI=1S/C8H14N2O4/c1-2-3-6(11)9-5-10-7(12)4-8(13)14/h2-5H2,1H3,(H,9,11)(H,10,12)(H,13,14). The van der Waals surface area contributed by atoms with Crippen LogP contribution >= 0.6 is 0 Å². The number of rotatable bonds is 6. The summed E-state index contributed by atoms with van der Waals surface area (Å²) in [7, 11) is 0. The third kappa shape index (κ3) is 7.08. The zero-order chi connectivity index (χ0) is 11.0. The highest BCUT2D eigenvalue weighted by molar-refractivity contribution is 5.93. The van der Waals surface area contributed by atoms with Crippen LogP contribution in [0.3, 0.4) is 0 Å². The Bertz CT molecular complexity index is 227. The van der Waals surface area contributed by atoms with E-state index in [1.54, 1.807) is 0 Å². The van der Waals surface area contributed by atoms with Crippen LogP contribution < -0.4 is 10.6 Å². The van der Waals surface area contributed by atoms with Crippen molar-refractivity contribution in [2.75, 3.05) is 6.67 Å². The zero-order valence-electron chi connectivity index (χ0n) is 8.00. The minimum atomic E-state index is -1.19. The van der Waals surface area contributed by atoms with Gasteiger partial charge in [-0.3, -0.25) is 14.4 Å². The predicted molar refractivity (Wildman–Crippen MR) is 48.3 cm³/mol. The molecule has 3 N–H and O–H groups in total. The van der Waals surface area contributed by atoms with E-state index < -0.39 is 18.3 Å². The summed E-state index contributed by atoms with van der Waals surface area (Å²) < 4.78 is 0. The van der Waals surface area contributed by atoms with E-state index in [1.807, 2.05) is 6.92 Å². The Labute approximate surface area is 81.7 Å². The first-order valence-electron chi connectivity index (χ1n) is 4.31. The normalized spacial score (nSPS) is 9.21. The molecule has 0 aromatic rings. The number of carbonyl (C=O) groups excluding carboxylic acids is 2. The van der Waals surface area contributed by atoms with Gasteiger partial charge in [0.25, 0.3) is 0 Å². The molecule has 6 nitrogen and oxygen atoms in total. The summed E-state index contributed by atoms with van der Waals surface area (Å²) in [4.78, 5) is 31.7. The molecule has 0 aliphatic carbocycles. The SMILES string of the molecule is CCCC(=O)NCNC(=O)CC(=O)O. The van der Waals surface area contributed by atoms with E-state index in [2.05, 4.69) is 10.6 Å². The van der Waals surface area contributed by atoms with E-state index in [-0.39, 0.29) is 12.6 Å². The van der Waals surface area contributed by atoms with Gasteiger partial charge in [0.1, 0.15) is 6.42 Å². The van der Waals surface area contributed by atoms with E-state index in [0.29, 0.717) is 6.42 Å². The molecule has 6 heteroatoms. The van der Waals surface area contributed by atoms with Gasteiger partial charge >= 0.3 is 5.97 Å². The molecule has 14 heavy (non-hydrogen) atoms. The van der Waals surface area contributed by atoms with Gasteiger partial charge in [-0.2, -0.15) is 0 Å². The van der Waals surface area contributed by atoms with Crippen molar-refractivity contribution < 1.29 is 19.5 Å². The van der Waals surface area contributed by atoms with Crippen molar-refractivity contribution in [1.29, 1.82) is 0 Å². The van der Waals surface area contributed by atoms with Crippen molar-refractivity contribution in [1.82, 2.24) is 10.6 Å². The molecule has 0 atom stereocenters. The van der Waals surface area contributed by atoms with Crippen molar-refractivity contribution >= 4 is 17.8 Å². The first-order valence-corrected chi connectivity index (χ1v) is 4.31. The van der Waals surface area contributed by atoms with Gasteiger partial charge in [-0.15, -0.1) is 0 Å². The first kappa shape index (κ1) is 12.4. The summed E-state index contributed by atoms with van der Waals surface area (Å²) in [6, 6.07) is 0. The van der Waals surface area contributed by atoms with Crippen LogP contribution in [0.2, 0.25) is 0 Å². The van der Waals surface area contributed by atoms with Crippen LogP contribution in [0.25, 0.3) is 0 Å². The number of hydrogen-bond acceptors (Lipinski definition) is 3. The Morgan fingerprint density at radius 3 is 2.21 bits per heavy atom. The van der Waals surface area contributed by atoms with Gasteiger partial charge in [-0.05, 0) is 6.42 Å². The molecule has 0 saturated heterocycles. The third-order valence-electron chi connectivity index (χ3n) is 1.36. The predicted octanol–water partition coefficient (Wildman–Crippen LogP) is -0.549. The molecule has 0 unspecified atom stereocenters. The second kappa shape index (κ2) is 6.88. The molecule has 0 heterocycles. The summed E-state index contributed by atoms with van der Waals surface area (Å²) >= 11 is 0. The van der Waals surface area contributed by atoms with Crippen LogP contribution in [-0.2, 0) is 14.4 Å². The molecule has 0 fully saturated rings. The van der Waals surface area contributed by atoms with E-state index in [9.17, 15) is 14.4 Å². The van der Waals surface area contributed by atoms with Gasteiger partial charge in [-0.25, -0.2) is 0 Å². The molecule has 0 rings (SSSR count). The molecule has 0 aromatic heterocycles. The van der Waals surface area contributed by atoms with Crippen LogP contribution in [0, 0.1) is 0 Å². The number of nitrogens with one attached hydrogen (secondary N) is 2. The molecule has 0 radical (unpaired) electrons. The smallest absolute Gasteiger partial charge is 0.312 e. The maximum Gasteiger partial charge on any atom is 0.312 e. The van der Waals surface area contributed by atoms with Crippen molar-refractivity contribution in [3.05, 3.63) is 0 Å². The van der Waals surface area contributed by atoms with Gasteiger partial charge < -0.3 is 15.7 Å². The Hall–Kier alpha value is -1.59. The van der Waals surface area contributed by atoms with Crippen molar-refractivity contribution in [3.63, 3.8) is 0 Å². The minimum absolute atomic E-state index is 0.0229. The average molecular weight is 202 g/mol. The van der Waals surface area contributed by atoms with E-state index in [0.717, 1.165) is 6.42 Å². The lowest BCUT2D eigenvalue weighted by Gasteiger charge is -2.05. The van der Waals surface area contributed by atoms with Crippen LogP contribution in [0.15, 0.2) is 0 Å². The molecular formula is C8H14N2O4. The van der Waals surface area contributed by atoms with E-state index in [1.165, 1.54) is 0 Å². The van der Waals surface area contributed by atoms with Gasteiger partial charge in [0.05, 0.1) is 6.67 Å². The summed E-state index contributed by atoms with van der Waals surface area (Å²) in [5.74, 6) is -1.97. The van der Waals surface area contributed by atoms with Crippen LogP contribution in [0.5, 0.6) is 0 Å². The average Bonchev–Trinajstić information content (AvgIpc) is 2.02. The summed E-state index contributed by atoms with van der Waals surface area (Å²) in [6.07, 6.45) is 0.549. The largest absolute Gasteiger partial charge is 0.481 e. The fourth-order valence-corrected chi connectivity index (χ4v) is 0.757. The van der Waals surface area contributed by atoms with Gasteiger partial charge in [-0.1, -0.05) is 6.92 Å². The first-order chi connectivity index (χ1) is 6.56. The number of amides is 2. The Kier molecular flexibility index (Phi) is 6.09. The summed E-state index contributed by atoms with van der Waals surface area (Å²) in [6.45, 7) is 1.84. The lowest BCUT2D eigenvalue weighted by molar-refractivity contribution is -0.140. The molecule has 0 aromatic carbocycles. The highest BCUT2D eigenvalue weighted by Gasteiger charge is 2.06. The van der Waals surface area contributed by atoms with Crippen LogP contribution in [-0.4, -0.2) is 29.6 Å². The number of carbonyl (C=O) groups is 3. The maximum atomic E-state index is 10.9. The topological polar surface area (TPSA) is 95.5 Å².